The second kappa shape index (κ2) is 6.02. The molecule has 24 heavy (non-hydrogen) atoms. The van der Waals surface area contributed by atoms with Gasteiger partial charge in [-0.15, -0.1) is 0 Å². The smallest absolute Gasteiger partial charge is 0.153 e. The molecule has 1 N–H and O–H groups in total. The van der Waals surface area contributed by atoms with Gasteiger partial charge in [-0.2, -0.15) is 0 Å². The van der Waals surface area contributed by atoms with Gasteiger partial charge in [0.05, 0.1) is 36.3 Å². The van der Waals surface area contributed by atoms with Gasteiger partial charge in [0.15, 0.2) is 9.84 Å². The highest BCUT2D eigenvalue weighted by Gasteiger charge is 2.46. The molecule has 2 aliphatic heterocycles. The Morgan fingerprint density at radius 2 is 1.96 bits per heavy atom. The molecule has 0 amide bonds. The molecule has 2 aromatic rings. The number of aromatic nitrogens is 2. The first-order valence-electron chi connectivity index (χ1n) is 8.21. The number of imidazole rings is 1. The van der Waals surface area contributed by atoms with Crippen molar-refractivity contribution in [3.8, 4) is 0 Å². The largest absolute Gasteiger partial charge is 0.468 e. The molecular weight excluding hydrogens is 328 g/mol. The first-order valence-corrected chi connectivity index (χ1v) is 10.0. The number of rotatable bonds is 4. The predicted molar refractivity (Wildman–Crippen MR) is 89.1 cm³/mol. The van der Waals surface area contributed by atoms with Crippen LogP contribution in [-0.2, 0) is 22.9 Å². The number of aromatic amines is 1. The average molecular weight is 350 g/mol. The molecule has 2 aliphatic rings. The molecule has 2 aromatic heterocycles. The van der Waals surface area contributed by atoms with Crippen LogP contribution in [0.2, 0.25) is 0 Å². The Bertz CT molecular complexity index is 799. The molecule has 0 aromatic carbocycles. The van der Waals surface area contributed by atoms with Crippen LogP contribution in [0.3, 0.4) is 0 Å². The number of piperazine rings is 1. The van der Waals surface area contributed by atoms with Gasteiger partial charge >= 0.3 is 0 Å². The molecule has 0 spiro atoms. The fourth-order valence-corrected chi connectivity index (χ4v) is 5.87. The zero-order valence-corrected chi connectivity index (χ0v) is 14.5. The number of aryl methyl sites for hydroxylation is 1. The summed E-state index contributed by atoms with van der Waals surface area (Å²) in [7, 11) is -3.00. The first kappa shape index (κ1) is 15.9. The Labute approximate surface area is 141 Å². The highest BCUT2D eigenvalue weighted by molar-refractivity contribution is 7.91. The normalized spacial score (nSPS) is 27.4. The minimum absolute atomic E-state index is 0.0214. The third kappa shape index (κ3) is 3.01. The summed E-state index contributed by atoms with van der Waals surface area (Å²) in [5.41, 5.74) is 2.04. The van der Waals surface area contributed by atoms with E-state index in [0.717, 1.165) is 30.2 Å². The van der Waals surface area contributed by atoms with Crippen molar-refractivity contribution >= 4 is 9.84 Å². The van der Waals surface area contributed by atoms with Crippen molar-refractivity contribution in [3.05, 3.63) is 41.9 Å². The summed E-state index contributed by atoms with van der Waals surface area (Å²) < 4.78 is 30.0. The fourth-order valence-electron chi connectivity index (χ4n) is 3.83. The van der Waals surface area contributed by atoms with Gasteiger partial charge in [-0.1, -0.05) is 0 Å². The molecule has 0 aliphatic carbocycles. The molecule has 2 fully saturated rings. The van der Waals surface area contributed by atoms with Crippen molar-refractivity contribution in [1.29, 1.82) is 0 Å². The van der Waals surface area contributed by atoms with E-state index in [4.69, 9.17) is 4.42 Å². The molecule has 0 saturated carbocycles. The van der Waals surface area contributed by atoms with Crippen molar-refractivity contribution in [2.24, 2.45) is 0 Å². The number of nitrogens with zero attached hydrogens (tertiary/aromatic N) is 3. The highest BCUT2D eigenvalue weighted by Crippen LogP contribution is 2.29. The molecule has 4 rings (SSSR count). The second-order valence-corrected chi connectivity index (χ2v) is 8.86. The van der Waals surface area contributed by atoms with E-state index >= 15 is 0 Å². The number of sulfone groups is 1. The standard InChI is InChI=1S/C16H22N4O3S/c1-12-14(18-11-17-12)8-20-5-4-19(7-13-3-2-6-23-13)15-9-24(21,22)10-16(15)20/h2-3,6,11,15-16H,4-5,7-10H2,1H3,(H,17,18)/t15-,16+/m0/s1. The number of fused-ring (bicyclic) bond motifs is 1. The van der Waals surface area contributed by atoms with Crippen LogP contribution >= 0.6 is 0 Å². The minimum atomic E-state index is -3.00. The van der Waals surface area contributed by atoms with E-state index in [0.29, 0.717) is 13.1 Å². The second-order valence-electron chi connectivity index (χ2n) is 6.71. The Kier molecular flexibility index (Phi) is 3.98. The van der Waals surface area contributed by atoms with Crippen LogP contribution < -0.4 is 0 Å². The van der Waals surface area contributed by atoms with E-state index in [1.54, 1.807) is 12.6 Å². The summed E-state index contributed by atoms with van der Waals surface area (Å²) in [6.45, 7) is 5.03. The van der Waals surface area contributed by atoms with Gasteiger partial charge in [0.1, 0.15) is 5.76 Å². The van der Waals surface area contributed by atoms with Crippen LogP contribution in [0, 0.1) is 6.92 Å². The summed E-state index contributed by atoms with van der Waals surface area (Å²) in [4.78, 5) is 12.0. The lowest BCUT2D eigenvalue weighted by Gasteiger charge is -2.43. The molecule has 2 atom stereocenters. The van der Waals surface area contributed by atoms with Gasteiger partial charge in [-0.3, -0.25) is 9.80 Å². The number of H-pyrrole nitrogens is 1. The van der Waals surface area contributed by atoms with Crippen LogP contribution in [0.5, 0.6) is 0 Å². The lowest BCUT2D eigenvalue weighted by Crippen LogP contribution is -2.58. The van der Waals surface area contributed by atoms with Crippen molar-refractivity contribution in [2.45, 2.75) is 32.1 Å². The Morgan fingerprint density at radius 1 is 1.25 bits per heavy atom. The summed E-state index contributed by atoms with van der Waals surface area (Å²) >= 11 is 0. The Balaban J connectivity index is 1.54. The maximum absolute atomic E-state index is 12.3. The first-order chi connectivity index (χ1) is 11.5. The van der Waals surface area contributed by atoms with Crippen molar-refractivity contribution in [3.63, 3.8) is 0 Å². The SMILES string of the molecule is Cc1[nH]cnc1CN1CCN(Cc2ccco2)[C@H]2CS(=O)(=O)C[C@H]21. The van der Waals surface area contributed by atoms with E-state index in [-0.39, 0.29) is 23.6 Å². The zero-order chi connectivity index (χ0) is 16.7. The summed E-state index contributed by atoms with van der Waals surface area (Å²) in [5, 5.41) is 0. The topological polar surface area (TPSA) is 82.4 Å². The molecule has 130 valence electrons. The van der Waals surface area contributed by atoms with Crippen LogP contribution in [0.1, 0.15) is 17.1 Å². The molecule has 4 heterocycles. The van der Waals surface area contributed by atoms with E-state index in [2.05, 4.69) is 19.8 Å². The van der Waals surface area contributed by atoms with Gasteiger partial charge in [0.25, 0.3) is 0 Å². The molecule has 7 nitrogen and oxygen atoms in total. The maximum Gasteiger partial charge on any atom is 0.153 e. The quantitative estimate of drug-likeness (QED) is 0.878. The molecular formula is C16H22N4O3S. The monoisotopic (exact) mass is 350 g/mol. The van der Waals surface area contributed by atoms with E-state index in [9.17, 15) is 8.42 Å². The molecule has 0 radical (unpaired) electrons. The van der Waals surface area contributed by atoms with Crippen LogP contribution in [0.4, 0.5) is 0 Å². The number of hydrogen-bond donors (Lipinski definition) is 1. The van der Waals surface area contributed by atoms with Gasteiger partial charge in [0, 0.05) is 37.4 Å². The number of nitrogens with one attached hydrogen (secondary N) is 1. The zero-order valence-electron chi connectivity index (χ0n) is 13.7. The van der Waals surface area contributed by atoms with Crippen molar-refractivity contribution in [2.75, 3.05) is 24.6 Å². The van der Waals surface area contributed by atoms with Gasteiger partial charge in [-0.25, -0.2) is 13.4 Å². The maximum atomic E-state index is 12.3. The Hall–Kier alpha value is -1.64. The number of hydrogen-bond acceptors (Lipinski definition) is 6. The van der Waals surface area contributed by atoms with E-state index < -0.39 is 9.84 Å². The third-order valence-electron chi connectivity index (χ3n) is 5.13. The highest BCUT2D eigenvalue weighted by atomic mass is 32.2. The Morgan fingerprint density at radius 3 is 2.54 bits per heavy atom. The van der Waals surface area contributed by atoms with Gasteiger partial charge in [-0.05, 0) is 19.1 Å². The lowest BCUT2D eigenvalue weighted by atomic mass is 10.0. The van der Waals surface area contributed by atoms with Crippen LogP contribution in [0.25, 0.3) is 0 Å². The van der Waals surface area contributed by atoms with E-state index in [1.165, 1.54) is 0 Å². The lowest BCUT2D eigenvalue weighted by molar-refractivity contribution is 0.0310. The van der Waals surface area contributed by atoms with Crippen molar-refractivity contribution < 1.29 is 12.8 Å². The average Bonchev–Trinajstić information content (AvgIpc) is 3.23. The minimum Gasteiger partial charge on any atom is -0.468 e. The van der Waals surface area contributed by atoms with E-state index in [1.807, 2.05) is 19.1 Å². The van der Waals surface area contributed by atoms with Crippen molar-refractivity contribution in [1.82, 2.24) is 19.8 Å². The third-order valence-corrected chi connectivity index (χ3v) is 6.83. The van der Waals surface area contributed by atoms with Crippen LogP contribution in [0.15, 0.2) is 29.1 Å². The molecule has 0 bridgehead atoms. The molecule has 2 saturated heterocycles. The summed E-state index contributed by atoms with van der Waals surface area (Å²) in [6.07, 6.45) is 3.36. The van der Waals surface area contributed by atoms with Crippen LogP contribution in [-0.4, -0.2) is 64.9 Å². The van der Waals surface area contributed by atoms with Gasteiger partial charge < -0.3 is 9.40 Å². The molecule has 8 heteroatoms. The molecule has 0 unspecified atom stereocenters. The predicted octanol–water partition coefficient (Wildman–Crippen LogP) is 0.795. The number of furan rings is 1. The summed E-state index contributed by atoms with van der Waals surface area (Å²) in [6, 6.07) is 3.86. The van der Waals surface area contributed by atoms with Gasteiger partial charge in [0.2, 0.25) is 0 Å². The fraction of sp³-hybridized carbons (Fsp3) is 0.562. The summed E-state index contributed by atoms with van der Waals surface area (Å²) in [5.74, 6) is 1.35.